The zero-order chi connectivity index (χ0) is 12.8. The second-order valence-electron chi connectivity index (χ2n) is 4.81. The zero-order valence-electron chi connectivity index (χ0n) is 11.2. The maximum absolute atomic E-state index is 9.24. The summed E-state index contributed by atoms with van der Waals surface area (Å²) in [5.41, 5.74) is 2.36. The molecule has 1 atom stereocenters. The molecule has 0 spiro atoms. The first kappa shape index (κ1) is 14.0. The van der Waals surface area contributed by atoms with Gasteiger partial charge in [0.1, 0.15) is 12.4 Å². The third kappa shape index (κ3) is 5.20. The number of aryl methyl sites for hydroxylation is 1. The molecule has 96 valence electrons. The summed E-state index contributed by atoms with van der Waals surface area (Å²) in [7, 11) is 0. The second kappa shape index (κ2) is 6.62. The van der Waals surface area contributed by atoms with Crippen molar-refractivity contribution in [2.24, 2.45) is 0 Å². The summed E-state index contributed by atoms with van der Waals surface area (Å²) in [4.78, 5) is 0. The molecular formula is C14H23NO2. The number of aliphatic hydroxyl groups excluding tert-OH is 1. The van der Waals surface area contributed by atoms with Crippen LogP contribution in [-0.4, -0.2) is 23.9 Å². The molecule has 0 bridgehead atoms. The molecule has 3 heteroatoms. The number of benzene rings is 1. The molecule has 2 N–H and O–H groups in total. The Morgan fingerprint density at radius 3 is 2.59 bits per heavy atom. The largest absolute Gasteiger partial charge is 0.491 e. The average molecular weight is 237 g/mol. The molecule has 0 fully saturated rings. The van der Waals surface area contributed by atoms with Crippen LogP contribution >= 0.6 is 0 Å². The van der Waals surface area contributed by atoms with E-state index in [9.17, 15) is 5.11 Å². The van der Waals surface area contributed by atoms with Crippen molar-refractivity contribution in [1.82, 2.24) is 5.32 Å². The molecule has 17 heavy (non-hydrogen) atoms. The highest BCUT2D eigenvalue weighted by Crippen LogP contribution is 2.20. The van der Waals surface area contributed by atoms with E-state index in [-0.39, 0.29) is 0 Å². The summed E-state index contributed by atoms with van der Waals surface area (Å²) < 4.78 is 5.60. The second-order valence-corrected chi connectivity index (χ2v) is 4.81. The highest BCUT2D eigenvalue weighted by Gasteiger charge is 2.06. The fraction of sp³-hybridized carbons (Fsp3) is 0.571. The first-order chi connectivity index (χ1) is 7.99. The van der Waals surface area contributed by atoms with Gasteiger partial charge in [0.25, 0.3) is 0 Å². The fourth-order valence-corrected chi connectivity index (χ4v) is 1.51. The van der Waals surface area contributed by atoms with Crippen molar-refractivity contribution in [2.45, 2.75) is 46.4 Å². The van der Waals surface area contributed by atoms with E-state index in [0.29, 0.717) is 12.6 Å². The summed E-state index contributed by atoms with van der Waals surface area (Å²) in [5.74, 6) is 0.852. The Morgan fingerprint density at radius 1 is 1.29 bits per heavy atom. The van der Waals surface area contributed by atoms with Crippen LogP contribution in [0.15, 0.2) is 18.2 Å². The van der Waals surface area contributed by atoms with E-state index in [1.807, 2.05) is 12.1 Å². The van der Waals surface area contributed by atoms with Gasteiger partial charge in [-0.15, -0.1) is 0 Å². The Balaban J connectivity index is 2.72. The van der Waals surface area contributed by atoms with Crippen molar-refractivity contribution in [3.05, 3.63) is 29.3 Å². The average Bonchev–Trinajstić information content (AvgIpc) is 2.24. The summed E-state index contributed by atoms with van der Waals surface area (Å²) in [6, 6.07) is 6.55. The third-order valence-corrected chi connectivity index (χ3v) is 2.40. The third-order valence-electron chi connectivity index (χ3n) is 2.40. The van der Waals surface area contributed by atoms with E-state index in [0.717, 1.165) is 17.9 Å². The van der Waals surface area contributed by atoms with Gasteiger partial charge >= 0.3 is 0 Å². The van der Waals surface area contributed by atoms with E-state index < -0.39 is 6.10 Å². The summed E-state index contributed by atoms with van der Waals surface area (Å²) in [5, 5.41) is 12.6. The van der Waals surface area contributed by atoms with Crippen LogP contribution in [0, 0.1) is 6.92 Å². The lowest BCUT2D eigenvalue weighted by molar-refractivity contribution is 0.122. The molecule has 0 aliphatic heterocycles. The SMILES string of the molecule is Cc1ccc(OCC(C)O)c(CNC(C)C)c1. The van der Waals surface area contributed by atoms with Crippen LogP contribution in [0.3, 0.4) is 0 Å². The van der Waals surface area contributed by atoms with Gasteiger partial charge in [0.05, 0.1) is 6.10 Å². The first-order valence-corrected chi connectivity index (χ1v) is 6.13. The van der Waals surface area contributed by atoms with Crippen molar-refractivity contribution in [3.8, 4) is 5.75 Å². The van der Waals surface area contributed by atoms with Gasteiger partial charge in [0.15, 0.2) is 0 Å². The topological polar surface area (TPSA) is 41.5 Å². The lowest BCUT2D eigenvalue weighted by Gasteiger charge is -2.15. The summed E-state index contributed by atoms with van der Waals surface area (Å²) in [6.45, 7) is 9.14. The molecule has 0 amide bonds. The molecule has 0 aromatic heterocycles. The molecule has 0 heterocycles. The number of rotatable bonds is 6. The quantitative estimate of drug-likeness (QED) is 0.797. The van der Waals surface area contributed by atoms with Crippen LogP contribution in [0.1, 0.15) is 31.9 Å². The predicted octanol–water partition coefficient (Wildman–Crippen LogP) is 2.25. The van der Waals surface area contributed by atoms with E-state index in [4.69, 9.17) is 4.74 Å². The lowest BCUT2D eigenvalue weighted by atomic mass is 10.1. The van der Waals surface area contributed by atoms with Crippen molar-refractivity contribution < 1.29 is 9.84 Å². The minimum Gasteiger partial charge on any atom is -0.491 e. The van der Waals surface area contributed by atoms with Crippen LogP contribution in [0.5, 0.6) is 5.75 Å². The van der Waals surface area contributed by atoms with Gasteiger partial charge in [-0.2, -0.15) is 0 Å². The Bertz CT molecular complexity index is 348. The Morgan fingerprint density at radius 2 is 2.00 bits per heavy atom. The van der Waals surface area contributed by atoms with E-state index in [1.165, 1.54) is 5.56 Å². The standard InChI is InChI=1S/C14H23NO2/c1-10(2)15-8-13-7-11(3)5-6-14(13)17-9-12(4)16/h5-7,10,12,15-16H,8-9H2,1-4H3. The number of hydrogen-bond donors (Lipinski definition) is 2. The van der Waals surface area contributed by atoms with Gasteiger partial charge < -0.3 is 15.2 Å². The molecule has 0 aliphatic carbocycles. The van der Waals surface area contributed by atoms with Gasteiger partial charge in [-0.25, -0.2) is 0 Å². The van der Waals surface area contributed by atoms with Gasteiger partial charge in [-0.1, -0.05) is 31.5 Å². The van der Waals surface area contributed by atoms with Gasteiger partial charge in [0, 0.05) is 18.2 Å². The first-order valence-electron chi connectivity index (χ1n) is 6.13. The van der Waals surface area contributed by atoms with Crippen LogP contribution in [0.25, 0.3) is 0 Å². The monoisotopic (exact) mass is 237 g/mol. The van der Waals surface area contributed by atoms with Gasteiger partial charge in [0.2, 0.25) is 0 Å². The molecule has 3 nitrogen and oxygen atoms in total. The Hall–Kier alpha value is -1.06. The van der Waals surface area contributed by atoms with Crippen LogP contribution in [0.2, 0.25) is 0 Å². The van der Waals surface area contributed by atoms with E-state index in [2.05, 4.69) is 32.2 Å². The summed E-state index contributed by atoms with van der Waals surface area (Å²) >= 11 is 0. The molecule has 0 radical (unpaired) electrons. The molecular weight excluding hydrogens is 214 g/mol. The molecule has 0 saturated heterocycles. The van der Waals surface area contributed by atoms with E-state index in [1.54, 1.807) is 6.92 Å². The normalized spacial score (nSPS) is 12.8. The number of nitrogens with one attached hydrogen (secondary N) is 1. The number of hydrogen-bond acceptors (Lipinski definition) is 3. The molecule has 1 unspecified atom stereocenters. The number of aliphatic hydroxyl groups is 1. The maximum Gasteiger partial charge on any atom is 0.123 e. The van der Waals surface area contributed by atoms with Crippen molar-refractivity contribution in [2.75, 3.05) is 6.61 Å². The minimum absolute atomic E-state index is 0.331. The van der Waals surface area contributed by atoms with Crippen LogP contribution in [0.4, 0.5) is 0 Å². The molecule has 1 rings (SSSR count). The van der Waals surface area contributed by atoms with Crippen molar-refractivity contribution >= 4 is 0 Å². The lowest BCUT2D eigenvalue weighted by Crippen LogP contribution is -2.22. The predicted molar refractivity (Wildman–Crippen MR) is 70.3 cm³/mol. The summed E-state index contributed by atoms with van der Waals surface area (Å²) in [6.07, 6.45) is -0.442. The molecule has 1 aromatic rings. The van der Waals surface area contributed by atoms with Gasteiger partial charge in [-0.05, 0) is 19.9 Å². The Kier molecular flexibility index (Phi) is 5.45. The van der Waals surface area contributed by atoms with Gasteiger partial charge in [-0.3, -0.25) is 0 Å². The highest BCUT2D eigenvalue weighted by molar-refractivity contribution is 5.36. The minimum atomic E-state index is -0.442. The molecule has 0 aliphatic rings. The van der Waals surface area contributed by atoms with Crippen molar-refractivity contribution in [1.29, 1.82) is 0 Å². The Labute approximate surface area is 104 Å². The maximum atomic E-state index is 9.24. The molecule has 1 aromatic carbocycles. The molecule has 0 saturated carbocycles. The fourth-order valence-electron chi connectivity index (χ4n) is 1.51. The number of ether oxygens (including phenoxy) is 1. The smallest absolute Gasteiger partial charge is 0.123 e. The highest BCUT2D eigenvalue weighted by atomic mass is 16.5. The zero-order valence-corrected chi connectivity index (χ0v) is 11.2. The van der Waals surface area contributed by atoms with Crippen LogP contribution in [-0.2, 0) is 6.54 Å². The van der Waals surface area contributed by atoms with E-state index >= 15 is 0 Å². The van der Waals surface area contributed by atoms with Crippen LogP contribution < -0.4 is 10.1 Å². The van der Waals surface area contributed by atoms with Crippen molar-refractivity contribution in [3.63, 3.8) is 0 Å².